The summed E-state index contributed by atoms with van der Waals surface area (Å²) in [6, 6.07) is 54.1. The second-order valence-corrected chi connectivity index (χ2v) is 15.2. The van der Waals surface area contributed by atoms with Crippen LogP contribution in [-0.4, -0.2) is 0 Å². The maximum Gasteiger partial charge on any atom is 0.00165 e. The molecule has 0 aliphatic carbocycles. The normalized spacial score (nSPS) is 11.3. The zero-order valence-corrected chi connectivity index (χ0v) is 26.5. The third kappa shape index (κ3) is 5.63. The van der Waals surface area contributed by atoms with E-state index in [9.17, 15) is 0 Å². The van der Waals surface area contributed by atoms with Crippen molar-refractivity contribution in [3.05, 3.63) is 168 Å². The van der Waals surface area contributed by atoms with Gasteiger partial charge in [-0.2, -0.15) is 0 Å². The van der Waals surface area contributed by atoms with E-state index in [1.54, 1.807) is 0 Å². The van der Waals surface area contributed by atoms with Crippen LogP contribution in [0.15, 0.2) is 146 Å². The summed E-state index contributed by atoms with van der Waals surface area (Å²) >= 11 is 0. The summed E-state index contributed by atoms with van der Waals surface area (Å²) < 4.78 is 0. The fourth-order valence-electron chi connectivity index (χ4n) is 6.01. The van der Waals surface area contributed by atoms with E-state index in [-0.39, 0.29) is 0 Å². The maximum atomic E-state index is 2.44. The minimum atomic E-state index is -0.861. The summed E-state index contributed by atoms with van der Waals surface area (Å²) in [6.07, 6.45) is 0. The predicted molar refractivity (Wildman–Crippen MR) is 188 cm³/mol. The lowest BCUT2D eigenvalue weighted by Crippen LogP contribution is -2.38. The van der Waals surface area contributed by atoms with Gasteiger partial charge in [0.2, 0.25) is 0 Å². The number of hydrogen-bond acceptors (Lipinski definition) is 0. The molecule has 0 aliphatic heterocycles. The van der Waals surface area contributed by atoms with Crippen molar-refractivity contribution in [2.75, 3.05) is 0 Å². The van der Waals surface area contributed by atoms with E-state index in [2.05, 4.69) is 173 Å². The lowest BCUT2D eigenvalue weighted by atomic mass is 9.94. The van der Waals surface area contributed by atoms with Gasteiger partial charge >= 0.3 is 0 Å². The Morgan fingerprint density at radius 1 is 0.357 bits per heavy atom. The van der Waals surface area contributed by atoms with Gasteiger partial charge in [0.05, 0.1) is 0 Å². The zero-order valence-electron chi connectivity index (χ0n) is 24.8. The van der Waals surface area contributed by atoms with Crippen LogP contribution in [0.2, 0.25) is 0 Å². The first-order valence-corrected chi connectivity index (χ1v) is 17.2. The van der Waals surface area contributed by atoms with Crippen LogP contribution in [0.25, 0.3) is 11.1 Å². The number of rotatable bonds is 7. The standard InChI is InChI=1S/C40H36P2/c1-29-25-26-37(30(2)27-29)38-31(3)28-32(4)39(41(33-17-9-5-10-18-33)34-19-11-6-12-20-34)40(38)42(35-21-13-7-14-22-35)36-23-15-8-16-24-36/h5-28H,1-4H3. The van der Waals surface area contributed by atoms with Gasteiger partial charge in [0, 0.05) is 5.30 Å². The molecule has 0 aliphatic rings. The van der Waals surface area contributed by atoms with E-state index in [0.29, 0.717) is 0 Å². The van der Waals surface area contributed by atoms with Gasteiger partial charge in [0.25, 0.3) is 0 Å². The molecule has 0 unspecified atom stereocenters. The molecule has 0 aromatic heterocycles. The minimum Gasteiger partial charge on any atom is -0.0622 e. The van der Waals surface area contributed by atoms with Crippen LogP contribution in [0.5, 0.6) is 0 Å². The molecule has 6 rings (SSSR count). The molecule has 0 bridgehead atoms. The van der Waals surface area contributed by atoms with Gasteiger partial charge in [-0.3, -0.25) is 0 Å². The number of benzene rings is 6. The number of aryl methyl sites for hydroxylation is 4. The highest BCUT2D eigenvalue weighted by Crippen LogP contribution is 2.44. The topological polar surface area (TPSA) is 0 Å². The third-order valence-electron chi connectivity index (χ3n) is 7.82. The molecule has 206 valence electrons. The molecule has 2 heteroatoms. The van der Waals surface area contributed by atoms with Crippen LogP contribution in [0.4, 0.5) is 0 Å². The Bertz CT molecular complexity index is 1720. The fourth-order valence-corrected chi connectivity index (χ4v) is 11.8. The molecular formula is C40H36P2. The summed E-state index contributed by atoms with van der Waals surface area (Å²) in [5.41, 5.74) is 8.07. The fraction of sp³-hybridized carbons (Fsp3) is 0.100. The SMILES string of the molecule is Cc1ccc(-c2c(C)cc(C)c(P(c3ccccc3)c3ccccc3)c2P(c2ccccc2)c2ccccc2)c(C)c1. The first kappa shape index (κ1) is 28.3. The van der Waals surface area contributed by atoms with E-state index in [1.165, 1.54) is 65.2 Å². The molecule has 0 saturated heterocycles. The quantitative estimate of drug-likeness (QED) is 0.168. The van der Waals surface area contributed by atoms with Crippen LogP contribution < -0.4 is 31.8 Å². The van der Waals surface area contributed by atoms with E-state index < -0.39 is 15.8 Å². The molecule has 0 N–H and O–H groups in total. The van der Waals surface area contributed by atoms with Gasteiger partial charge in [-0.25, -0.2) is 0 Å². The van der Waals surface area contributed by atoms with Gasteiger partial charge in [-0.05, 0) is 97.9 Å². The third-order valence-corrected chi connectivity index (χ3v) is 13.2. The van der Waals surface area contributed by atoms with Crippen molar-refractivity contribution in [1.29, 1.82) is 0 Å². The van der Waals surface area contributed by atoms with Crippen LogP contribution in [0, 0.1) is 27.7 Å². The van der Waals surface area contributed by atoms with Crippen LogP contribution >= 0.6 is 15.8 Å². The lowest BCUT2D eigenvalue weighted by Gasteiger charge is -2.32. The Kier molecular flexibility index (Phi) is 8.48. The highest BCUT2D eigenvalue weighted by atomic mass is 31.1. The van der Waals surface area contributed by atoms with Gasteiger partial charge in [0.15, 0.2) is 0 Å². The summed E-state index contributed by atoms with van der Waals surface area (Å²) in [6.45, 7) is 9.11. The zero-order chi connectivity index (χ0) is 29.1. The maximum absolute atomic E-state index is 2.44. The molecule has 0 amide bonds. The number of hydrogen-bond donors (Lipinski definition) is 0. The predicted octanol–water partition coefficient (Wildman–Crippen LogP) is 8.10. The van der Waals surface area contributed by atoms with Crippen LogP contribution in [0.1, 0.15) is 22.3 Å². The van der Waals surface area contributed by atoms with Crippen molar-refractivity contribution in [3.8, 4) is 11.1 Å². The van der Waals surface area contributed by atoms with Gasteiger partial charge in [-0.15, -0.1) is 0 Å². The van der Waals surface area contributed by atoms with Crippen LogP contribution in [0.3, 0.4) is 0 Å². The molecule has 0 saturated carbocycles. The Hall–Kier alpha value is -3.82. The molecule has 0 fully saturated rings. The van der Waals surface area contributed by atoms with Gasteiger partial charge in [0.1, 0.15) is 0 Å². The first-order chi connectivity index (χ1) is 20.5. The van der Waals surface area contributed by atoms with E-state index in [4.69, 9.17) is 0 Å². The average Bonchev–Trinajstić information content (AvgIpc) is 3.02. The van der Waals surface area contributed by atoms with Crippen molar-refractivity contribution >= 4 is 47.7 Å². The second-order valence-electron chi connectivity index (χ2n) is 10.9. The van der Waals surface area contributed by atoms with Crippen molar-refractivity contribution in [2.45, 2.75) is 27.7 Å². The lowest BCUT2D eigenvalue weighted by molar-refractivity contribution is 1.36. The van der Waals surface area contributed by atoms with E-state index in [0.717, 1.165) is 0 Å². The Labute approximate surface area is 253 Å². The molecule has 0 heterocycles. The molecule has 6 aromatic rings. The summed E-state index contributed by atoms with van der Waals surface area (Å²) in [4.78, 5) is 0. The Balaban J connectivity index is 1.79. The molecule has 0 atom stereocenters. The first-order valence-electron chi connectivity index (χ1n) is 14.5. The smallest absolute Gasteiger partial charge is 0.00165 e. The molecule has 0 spiro atoms. The van der Waals surface area contributed by atoms with Gasteiger partial charge in [-0.1, -0.05) is 151 Å². The molecular weight excluding hydrogens is 542 g/mol. The van der Waals surface area contributed by atoms with E-state index in [1.807, 2.05) is 0 Å². The van der Waals surface area contributed by atoms with Crippen molar-refractivity contribution < 1.29 is 0 Å². The largest absolute Gasteiger partial charge is 0.0622 e. The average molecular weight is 579 g/mol. The Morgan fingerprint density at radius 3 is 1.17 bits per heavy atom. The van der Waals surface area contributed by atoms with Crippen LogP contribution in [-0.2, 0) is 0 Å². The highest BCUT2D eigenvalue weighted by Gasteiger charge is 2.31. The summed E-state index contributed by atoms with van der Waals surface area (Å²) in [7, 11) is -1.68. The van der Waals surface area contributed by atoms with Gasteiger partial charge < -0.3 is 0 Å². The van der Waals surface area contributed by atoms with Crippen molar-refractivity contribution in [2.24, 2.45) is 0 Å². The molecule has 42 heavy (non-hydrogen) atoms. The summed E-state index contributed by atoms with van der Waals surface area (Å²) in [5.74, 6) is 0. The monoisotopic (exact) mass is 578 g/mol. The van der Waals surface area contributed by atoms with Crippen molar-refractivity contribution in [3.63, 3.8) is 0 Å². The minimum absolute atomic E-state index is 0.819. The molecule has 0 radical (unpaired) electrons. The second kappa shape index (κ2) is 12.6. The molecule has 0 nitrogen and oxygen atoms in total. The molecule has 6 aromatic carbocycles. The highest BCUT2D eigenvalue weighted by molar-refractivity contribution is 7.85. The van der Waals surface area contributed by atoms with Crippen molar-refractivity contribution in [1.82, 2.24) is 0 Å². The van der Waals surface area contributed by atoms with E-state index >= 15 is 0 Å². The Morgan fingerprint density at radius 2 is 0.762 bits per heavy atom. The summed E-state index contributed by atoms with van der Waals surface area (Å²) in [5, 5.41) is 8.51.